The first-order valence-electron chi connectivity index (χ1n) is 32.4. The van der Waals surface area contributed by atoms with Crippen LogP contribution in [0, 0.1) is 0 Å². The van der Waals surface area contributed by atoms with Gasteiger partial charge in [0.1, 0.15) is 0 Å². The van der Waals surface area contributed by atoms with Crippen molar-refractivity contribution in [1.82, 2.24) is 9.13 Å². The van der Waals surface area contributed by atoms with E-state index < -0.39 is 0 Å². The Morgan fingerprint density at radius 3 is 1.28 bits per heavy atom. The quantitative estimate of drug-likeness (QED) is 0.0957. The molecule has 436 valence electrons. The molecule has 0 saturated heterocycles. The zero-order valence-electron chi connectivity index (χ0n) is 53.8. The number of nitrogens with zero attached hydrogens (tertiary/aromatic N) is 2. The van der Waals surface area contributed by atoms with E-state index in [0.717, 1.165) is 36.3 Å². The molecule has 1 N–H and O–H groups in total. The molecule has 0 amide bonds. The van der Waals surface area contributed by atoms with Crippen LogP contribution in [0.2, 0.25) is 0 Å². The zero-order chi connectivity index (χ0) is 59.8. The van der Waals surface area contributed by atoms with Crippen LogP contribution in [0.25, 0.3) is 76.9 Å². The first-order valence-corrected chi connectivity index (χ1v) is 32.4. The van der Waals surface area contributed by atoms with Crippen molar-refractivity contribution in [3.05, 3.63) is 214 Å². The maximum absolute atomic E-state index is 4.03. The van der Waals surface area contributed by atoms with E-state index in [0.29, 0.717) is 0 Å². The summed E-state index contributed by atoms with van der Waals surface area (Å²) in [6.45, 7) is 32.6. The lowest BCUT2D eigenvalue weighted by Crippen LogP contribution is -2.26. The Hall–Kier alpha value is -7.36. The highest BCUT2D eigenvalue weighted by Crippen LogP contribution is 2.58. The van der Waals surface area contributed by atoms with Gasteiger partial charge in [-0.2, -0.15) is 0 Å². The molecule has 3 nitrogen and oxygen atoms in total. The molecule has 0 spiro atoms. The number of anilines is 2. The van der Waals surface area contributed by atoms with Crippen molar-refractivity contribution in [3.8, 4) is 22.5 Å². The number of fused-ring (bicyclic) bond motifs is 11. The number of unbranched alkanes of at least 4 members (excludes halogenated alkanes) is 6. The largest absolute Gasteiger partial charge is 0.355 e. The Bertz CT molecular complexity index is 4160. The summed E-state index contributed by atoms with van der Waals surface area (Å²) in [4.78, 5) is 0. The molecule has 12 rings (SSSR count). The van der Waals surface area contributed by atoms with Crippen LogP contribution >= 0.6 is 0 Å². The van der Waals surface area contributed by atoms with Crippen LogP contribution in [0.4, 0.5) is 11.4 Å². The average Bonchev–Trinajstić information content (AvgIpc) is 1.67. The third-order valence-electron chi connectivity index (χ3n) is 19.3. The fourth-order valence-corrected chi connectivity index (χ4v) is 14.4. The van der Waals surface area contributed by atoms with E-state index in [-0.39, 0.29) is 27.1 Å². The van der Waals surface area contributed by atoms with Crippen LogP contribution in [0.1, 0.15) is 206 Å². The summed E-state index contributed by atoms with van der Waals surface area (Å²) in [7, 11) is 0. The van der Waals surface area contributed by atoms with E-state index in [9.17, 15) is 0 Å². The number of hydrogen-bond acceptors (Lipinski definition) is 1. The second-order valence-corrected chi connectivity index (χ2v) is 29.6. The molecular weight excluding hydrogens is 1030 g/mol. The van der Waals surface area contributed by atoms with E-state index >= 15 is 0 Å². The van der Waals surface area contributed by atoms with Crippen LogP contribution in [-0.2, 0) is 33.5 Å². The first kappa shape index (κ1) is 58.0. The Kier molecular flexibility index (Phi) is 15.1. The fraction of sp³-hybridized carbons (Fsp3) is 0.366. The first-order chi connectivity index (χ1) is 40.6. The normalized spacial score (nSPS) is 13.7. The Morgan fingerprint density at radius 2 is 0.812 bits per heavy atom. The molecule has 0 atom stereocenters. The SMILES string of the molecule is CCCCCCC1(CCCCCC)c2cc(Nc3cccc(-n4c5ccc(C(C)(C)C)cc5c5cc(C(C)(C)C)ccc54)c3)ccc2-c2c1cc(Cc1cccc(-n3c4ccc(C(C)(C)C)cc4c4cc(C(C)(C)C)ccc43)c1)c1ccccc21. The summed E-state index contributed by atoms with van der Waals surface area (Å²) in [5.74, 6) is 0. The van der Waals surface area contributed by atoms with Crippen LogP contribution < -0.4 is 5.32 Å². The van der Waals surface area contributed by atoms with Gasteiger partial charge in [-0.15, -0.1) is 0 Å². The molecule has 2 aromatic heterocycles. The maximum atomic E-state index is 4.03. The minimum Gasteiger partial charge on any atom is -0.355 e. The molecular formula is C82H93N3. The molecule has 0 saturated carbocycles. The van der Waals surface area contributed by atoms with Crippen molar-refractivity contribution in [2.45, 2.75) is 195 Å². The molecule has 0 radical (unpaired) electrons. The molecule has 0 bridgehead atoms. The molecule has 3 heteroatoms. The minimum atomic E-state index is -0.117. The van der Waals surface area contributed by atoms with Gasteiger partial charge in [0.05, 0.1) is 22.1 Å². The summed E-state index contributed by atoms with van der Waals surface area (Å²) < 4.78 is 5.01. The third kappa shape index (κ3) is 10.8. The van der Waals surface area contributed by atoms with Gasteiger partial charge in [-0.1, -0.05) is 227 Å². The van der Waals surface area contributed by atoms with Gasteiger partial charge in [-0.25, -0.2) is 0 Å². The lowest BCUT2D eigenvalue weighted by atomic mass is 9.70. The number of aromatic nitrogens is 2. The Balaban J connectivity index is 0.961. The van der Waals surface area contributed by atoms with Crippen molar-refractivity contribution >= 4 is 65.8 Å². The number of hydrogen-bond donors (Lipinski definition) is 1. The number of benzene rings is 9. The van der Waals surface area contributed by atoms with E-state index in [1.807, 2.05) is 0 Å². The highest BCUT2D eigenvalue weighted by molar-refractivity contribution is 6.11. The maximum Gasteiger partial charge on any atom is 0.0541 e. The van der Waals surface area contributed by atoms with E-state index in [1.165, 1.54) is 162 Å². The predicted molar refractivity (Wildman–Crippen MR) is 370 cm³/mol. The van der Waals surface area contributed by atoms with Gasteiger partial charge in [0, 0.05) is 49.7 Å². The fourth-order valence-electron chi connectivity index (χ4n) is 14.4. The molecule has 0 aliphatic heterocycles. The van der Waals surface area contributed by atoms with Crippen LogP contribution in [0.3, 0.4) is 0 Å². The van der Waals surface area contributed by atoms with Crippen LogP contribution in [-0.4, -0.2) is 9.13 Å². The van der Waals surface area contributed by atoms with Crippen molar-refractivity contribution in [1.29, 1.82) is 0 Å². The number of nitrogens with one attached hydrogen (secondary N) is 1. The van der Waals surface area contributed by atoms with E-state index in [4.69, 9.17) is 0 Å². The van der Waals surface area contributed by atoms with Gasteiger partial charge in [0.15, 0.2) is 0 Å². The lowest BCUT2D eigenvalue weighted by molar-refractivity contribution is 0.401. The third-order valence-corrected chi connectivity index (χ3v) is 19.3. The van der Waals surface area contributed by atoms with Gasteiger partial charge < -0.3 is 14.5 Å². The van der Waals surface area contributed by atoms with Crippen molar-refractivity contribution in [2.75, 3.05) is 5.32 Å². The highest BCUT2D eigenvalue weighted by atomic mass is 15.0. The summed E-state index contributed by atoms with van der Waals surface area (Å²) >= 11 is 0. The second kappa shape index (κ2) is 22.2. The van der Waals surface area contributed by atoms with Gasteiger partial charge in [0.2, 0.25) is 0 Å². The second-order valence-electron chi connectivity index (χ2n) is 29.6. The van der Waals surface area contributed by atoms with E-state index in [2.05, 4.69) is 281 Å². The Labute approximate surface area is 508 Å². The van der Waals surface area contributed by atoms with Gasteiger partial charge in [0.25, 0.3) is 0 Å². The molecule has 1 aliphatic rings. The summed E-state index contributed by atoms with van der Waals surface area (Å²) in [6, 6.07) is 66.7. The van der Waals surface area contributed by atoms with Gasteiger partial charge >= 0.3 is 0 Å². The van der Waals surface area contributed by atoms with Crippen molar-refractivity contribution in [3.63, 3.8) is 0 Å². The summed E-state index contributed by atoms with van der Waals surface area (Å²) in [5.41, 5.74) is 23.8. The smallest absolute Gasteiger partial charge is 0.0541 e. The monoisotopic (exact) mass is 1120 g/mol. The number of rotatable bonds is 16. The molecule has 11 aromatic rings. The summed E-state index contributed by atoms with van der Waals surface area (Å²) in [5, 5.41) is 12.1. The van der Waals surface area contributed by atoms with Gasteiger partial charge in [-0.3, -0.25) is 0 Å². The van der Waals surface area contributed by atoms with E-state index in [1.54, 1.807) is 5.56 Å². The molecule has 1 aliphatic carbocycles. The Morgan fingerprint density at radius 1 is 0.365 bits per heavy atom. The molecule has 0 fully saturated rings. The van der Waals surface area contributed by atoms with Crippen LogP contribution in [0.15, 0.2) is 170 Å². The average molecular weight is 1120 g/mol. The lowest BCUT2D eigenvalue weighted by Gasteiger charge is -2.34. The predicted octanol–water partition coefficient (Wildman–Crippen LogP) is 23.8. The van der Waals surface area contributed by atoms with Crippen molar-refractivity contribution < 1.29 is 0 Å². The molecule has 9 aromatic carbocycles. The molecule has 85 heavy (non-hydrogen) atoms. The minimum absolute atomic E-state index is 0.0428. The van der Waals surface area contributed by atoms with Crippen molar-refractivity contribution in [2.24, 2.45) is 0 Å². The molecule has 0 unspecified atom stereocenters. The topological polar surface area (TPSA) is 21.9 Å². The van der Waals surface area contributed by atoms with Crippen LogP contribution in [0.5, 0.6) is 0 Å². The van der Waals surface area contributed by atoms with Gasteiger partial charge in [-0.05, 0) is 198 Å². The zero-order valence-corrected chi connectivity index (χ0v) is 53.8. The summed E-state index contributed by atoms with van der Waals surface area (Å²) in [6.07, 6.45) is 13.1. The highest BCUT2D eigenvalue weighted by Gasteiger charge is 2.44. The molecule has 2 heterocycles. The standard InChI is InChI=1S/C82H93N3/c1-15-17-19-23-43-82(44-24-20-18-16-2)71-53-61(83-60-28-26-30-63(52-60)85-75-41-35-58(80(9,10)11)50-69(75)70-51-59(81(12,13)14)36-42-76(70)85)37-38-66(71)77-65-32-22-21-31-64(65)55(47-72(77)82)45-54-27-25-29-62(46-54)84-73-39-33-56(78(3,4)5)48-67(73)68-49-57(79(6,7)8)34-40-74(68)84/h21-22,25-42,46-53,83H,15-20,23-24,43-45H2,1-14H3.